The number of nitrogens with zero attached hydrogens (tertiary/aromatic N) is 3. The zero-order chi connectivity index (χ0) is 40.9. The lowest BCUT2D eigenvalue weighted by molar-refractivity contribution is 0.539. The molecule has 0 fully saturated rings. The molecule has 292 valence electrons. The molecule has 0 spiro atoms. The summed E-state index contributed by atoms with van der Waals surface area (Å²) in [5, 5.41) is 2.62. The molecule has 7 aromatic carbocycles. The number of hydrogen-bond acceptors (Lipinski definition) is 4. The number of benzene rings is 7. The van der Waals surface area contributed by atoms with Gasteiger partial charge in [-0.05, 0) is 114 Å². The lowest BCUT2D eigenvalue weighted by Gasteiger charge is -2.49. The van der Waals surface area contributed by atoms with Gasteiger partial charge in [-0.25, -0.2) is 0 Å². The van der Waals surface area contributed by atoms with E-state index in [1.165, 1.54) is 104 Å². The fourth-order valence-electron chi connectivity index (χ4n) is 12.0. The van der Waals surface area contributed by atoms with Crippen molar-refractivity contribution in [1.82, 2.24) is 0 Å². The first-order valence-electron chi connectivity index (χ1n) is 21.7. The number of rotatable bonds is 4. The van der Waals surface area contributed by atoms with Crippen LogP contribution in [0, 0.1) is 26.7 Å². The molecule has 8 aromatic rings. The number of thiophene rings is 1. The predicted molar refractivity (Wildman–Crippen MR) is 261 cm³/mol. The van der Waals surface area contributed by atoms with Crippen molar-refractivity contribution in [3.63, 3.8) is 0 Å². The Morgan fingerprint density at radius 1 is 0.656 bits per heavy atom. The van der Waals surface area contributed by atoms with Gasteiger partial charge in [0.15, 0.2) is 0 Å². The number of anilines is 7. The van der Waals surface area contributed by atoms with Crippen molar-refractivity contribution in [2.24, 2.45) is 5.92 Å². The van der Waals surface area contributed by atoms with Gasteiger partial charge < -0.3 is 14.7 Å². The Morgan fingerprint density at radius 3 is 2.16 bits per heavy atom. The molecule has 3 aliphatic heterocycles. The van der Waals surface area contributed by atoms with Crippen LogP contribution in [0.25, 0.3) is 25.9 Å². The summed E-state index contributed by atoms with van der Waals surface area (Å²) in [5.41, 5.74) is 22.4. The maximum atomic E-state index is 2.78. The van der Waals surface area contributed by atoms with Crippen molar-refractivity contribution >= 4 is 94.7 Å². The van der Waals surface area contributed by atoms with Gasteiger partial charge in [0, 0.05) is 71.2 Å². The molecule has 61 heavy (non-hydrogen) atoms. The van der Waals surface area contributed by atoms with Crippen LogP contribution < -0.4 is 25.6 Å². The van der Waals surface area contributed by atoms with Gasteiger partial charge in [-0.1, -0.05) is 129 Å². The van der Waals surface area contributed by atoms with Crippen LogP contribution in [0.4, 0.5) is 39.8 Å². The Balaban J connectivity index is 1.13. The molecule has 5 heteroatoms. The highest BCUT2D eigenvalue weighted by molar-refractivity contribution is 7.26. The van der Waals surface area contributed by atoms with Crippen LogP contribution in [-0.2, 0) is 5.41 Å². The van der Waals surface area contributed by atoms with E-state index in [-0.39, 0.29) is 18.2 Å². The summed E-state index contributed by atoms with van der Waals surface area (Å²) in [5.74, 6) is 0.291. The Bertz CT molecular complexity index is 3280. The van der Waals surface area contributed by atoms with Crippen LogP contribution in [0.5, 0.6) is 0 Å². The molecule has 0 N–H and O–H groups in total. The van der Waals surface area contributed by atoms with E-state index in [0.717, 1.165) is 5.69 Å². The van der Waals surface area contributed by atoms with Crippen LogP contribution in [0.15, 0.2) is 175 Å². The number of fused-ring (bicyclic) bond motifs is 11. The van der Waals surface area contributed by atoms with Crippen molar-refractivity contribution in [2.75, 3.05) is 14.7 Å². The van der Waals surface area contributed by atoms with Crippen molar-refractivity contribution in [3.05, 3.63) is 203 Å². The Labute approximate surface area is 362 Å². The highest BCUT2D eigenvalue weighted by Crippen LogP contribution is 2.61. The van der Waals surface area contributed by atoms with Gasteiger partial charge >= 0.3 is 0 Å². The monoisotopic (exact) mass is 801 g/mol. The van der Waals surface area contributed by atoms with E-state index in [1.54, 1.807) is 5.57 Å². The Kier molecular flexibility index (Phi) is 7.22. The summed E-state index contributed by atoms with van der Waals surface area (Å²) in [4.78, 5) is 7.90. The maximum absolute atomic E-state index is 2.78. The molecule has 0 saturated heterocycles. The molecule has 3 nitrogen and oxygen atoms in total. The highest BCUT2D eigenvalue weighted by atomic mass is 32.1. The lowest BCUT2D eigenvalue weighted by Crippen LogP contribution is -2.61. The van der Waals surface area contributed by atoms with Crippen LogP contribution in [0.3, 0.4) is 0 Å². The van der Waals surface area contributed by atoms with E-state index in [4.69, 9.17) is 0 Å². The van der Waals surface area contributed by atoms with E-state index >= 15 is 0 Å². The van der Waals surface area contributed by atoms with Crippen LogP contribution in [-0.4, -0.2) is 12.8 Å². The summed E-state index contributed by atoms with van der Waals surface area (Å²) < 4.78 is 2.63. The van der Waals surface area contributed by atoms with Gasteiger partial charge in [0.1, 0.15) is 0 Å². The number of allylic oxidation sites excluding steroid dienone is 2. The zero-order valence-corrected chi connectivity index (χ0v) is 35.9. The van der Waals surface area contributed by atoms with Crippen molar-refractivity contribution < 1.29 is 0 Å². The fraction of sp³-hybridized carbons (Fsp3) is 0.143. The minimum Gasteiger partial charge on any atom is -0.334 e. The molecule has 0 bridgehead atoms. The summed E-state index contributed by atoms with van der Waals surface area (Å²) in [6, 6.07) is 55.3. The van der Waals surface area contributed by atoms with E-state index in [9.17, 15) is 0 Å². The second-order valence-corrected chi connectivity index (χ2v) is 19.3. The smallest absolute Gasteiger partial charge is 0.247 e. The van der Waals surface area contributed by atoms with Gasteiger partial charge in [-0.3, -0.25) is 0 Å². The first-order chi connectivity index (χ1) is 29.8. The fourth-order valence-corrected chi connectivity index (χ4v) is 13.1. The average Bonchev–Trinajstić information content (AvgIpc) is 3.91. The second-order valence-electron chi connectivity index (χ2n) is 18.2. The normalized spacial score (nSPS) is 18.6. The van der Waals surface area contributed by atoms with Crippen LogP contribution >= 0.6 is 11.3 Å². The first-order valence-corrected chi connectivity index (χ1v) is 22.5. The highest BCUT2D eigenvalue weighted by Gasteiger charge is 2.58. The summed E-state index contributed by atoms with van der Waals surface area (Å²) in [6.45, 7) is 11.8. The van der Waals surface area contributed by atoms with Crippen LogP contribution in [0.1, 0.15) is 41.7 Å². The minimum atomic E-state index is -0.0771. The van der Waals surface area contributed by atoms with Crippen molar-refractivity contribution in [3.8, 4) is 0 Å². The molecule has 5 aliphatic rings. The summed E-state index contributed by atoms with van der Waals surface area (Å²) in [6.07, 6.45) is 7.35. The Morgan fingerprint density at radius 2 is 1.36 bits per heavy atom. The molecule has 0 saturated carbocycles. The molecule has 2 unspecified atom stereocenters. The third kappa shape index (κ3) is 4.65. The van der Waals surface area contributed by atoms with Crippen molar-refractivity contribution in [2.45, 2.75) is 46.1 Å². The number of para-hydroxylation sites is 2. The van der Waals surface area contributed by atoms with Crippen molar-refractivity contribution in [1.29, 1.82) is 0 Å². The SMILES string of the molecule is Cc1cc2c3c(c1)N1C4=C(C5C=CC=C(B3c3ccc(N(c6ccccc6C)c6ccccc6C)cc3N2c2cccc3sc6ccccc6c23)C51)C(C)(C)c1ccccc14. The molecule has 0 amide bonds. The van der Waals surface area contributed by atoms with E-state index in [0.29, 0.717) is 5.92 Å². The molecule has 0 radical (unpaired) electrons. The quantitative estimate of drug-likeness (QED) is 0.164. The molecule has 4 heterocycles. The maximum Gasteiger partial charge on any atom is 0.247 e. The van der Waals surface area contributed by atoms with Gasteiger partial charge in [-0.15, -0.1) is 11.3 Å². The topological polar surface area (TPSA) is 9.72 Å². The van der Waals surface area contributed by atoms with Gasteiger partial charge in [0.05, 0.1) is 17.4 Å². The van der Waals surface area contributed by atoms with E-state index in [1.807, 2.05) is 11.3 Å². The summed E-state index contributed by atoms with van der Waals surface area (Å²) >= 11 is 1.89. The molecular formula is C56H44BN3S. The van der Waals surface area contributed by atoms with Gasteiger partial charge in [0.2, 0.25) is 6.71 Å². The minimum absolute atomic E-state index is 0.0771. The molecule has 13 rings (SSSR count). The Hall–Kier alpha value is -6.56. The average molecular weight is 802 g/mol. The third-order valence-corrected chi connectivity index (χ3v) is 15.6. The van der Waals surface area contributed by atoms with E-state index in [2.05, 4.69) is 213 Å². The second kappa shape index (κ2) is 12.5. The van der Waals surface area contributed by atoms with E-state index < -0.39 is 0 Å². The number of aryl methyl sites for hydroxylation is 3. The molecule has 1 aromatic heterocycles. The third-order valence-electron chi connectivity index (χ3n) is 14.5. The van der Waals surface area contributed by atoms with Gasteiger partial charge in [0.25, 0.3) is 0 Å². The molecule has 2 aliphatic carbocycles. The lowest BCUT2D eigenvalue weighted by atomic mass is 9.31. The first kappa shape index (κ1) is 35.2. The van der Waals surface area contributed by atoms with Crippen LogP contribution in [0.2, 0.25) is 0 Å². The zero-order valence-electron chi connectivity index (χ0n) is 35.1. The number of hydrogen-bond donors (Lipinski definition) is 0. The standard InChI is InChI=1S/C56H44BN3S/c1-33-30-47-53-48(31-33)60-54-39(52-55(60)37-18-8-10-21-40(37)56(52,4)5)20-14-22-42(54)57(53)41-29-28-36(58(43-23-11-6-16-34(43)2)44-24-12-7-17-35(44)3)32-46(41)59(47)45-25-15-27-50-51(45)38-19-9-13-26-49(38)61-50/h6-32,39,54H,1-5H3. The summed E-state index contributed by atoms with van der Waals surface area (Å²) in [7, 11) is 0. The molecule has 2 atom stereocenters. The largest absolute Gasteiger partial charge is 0.334 e. The van der Waals surface area contributed by atoms with Gasteiger partial charge in [-0.2, -0.15) is 0 Å². The molecular weight excluding hydrogens is 758 g/mol. The predicted octanol–water partition coefficient (Wildman–Crippen LogP) is 13.4.